The molecule has 0 aliphatic carbocycles. The first-order chi connectivity index (χ1) is 8.36. The minimum Gasteiger partial charge on any atom is -0.311 e. The van der Waals surface area contributed by atoms with Crippen molar-refractivity contribution < 1.29 is 0 Å². The summed E-state index contributed by atoms with van der Waals surface area (Å²) >= 11 is 0. The van der Waals surface area contributed by atoms with Crippen molar-refractivity contribution in [2.75, 3.05) is 19.6 Å². The van der Waals surface area contributed by atoms with E-state index in [1.54, 1.807) is 0 Å². The SMILES string of the molecule is C/C=C/CCN1CC(C(C)(C)C)NCC1C(C)C. The highest BCUT2D eigenvalue weighted by atomic mass is 15.2. The van der Waals surface area contributed by atoms with Gasteiger partial charge in [-0.05, 0) is 24.7 Å². The monoisotopic (exact) mass is 252 g/mol. The molecule has 1 aliphatic rings. The number of rotatable bonds is 4. The van der Waals surface area contributed by atoms with Gasteiger partial charge >= 0.3 is 0 Å². The number of piperazine rings is 1. The van der Waals surface area contributed by atoms with Crippen molar-refractivity contribution >= 4 is 0 Å². The summed E-state index contributed by atoms with van der Waals surface area (Å²) in [5.74, 6) is 0.726. The fourth-order valence-electron chi connectivity index (χ4n) is 2.73. The van der Waals surface area contributed by atoms with Crippen LogP contribution in [0.4, 0.5) is 0 Å². The minimum absolute atomic E-state index is 0.348. The summed E-state index contributed by atoms with van der Waals surface area (Å²) in [4.78, 5) is 2.69. The van der Waals surface area contributed by atoms with Crippen LogP contribution in [0, 0.1) is 11.3 Å². The van der Waals surface area contributed by atoms with Crippen molar-refractivity contribution in [3.63, 3.8) is 0 Å². The van der Waals surface area contributed by atoms with E-state index in [1.807, 2.05) is 0 Å². The highest BCUT2D eigenvalue weighted by Gasteiger charge is 2.34. The van der Waals surface area contributed by atoms with E-state index in [2.05, 4.69) is 63.9 Å². The van der Waals surface area contributed by atoms with Crippen LogP contribution in [0.5, 0.6) is 0 Å². The molecular formula is C16H32N2. The number of allylic oxidation sites excluding steroid dienone is 1. The third-order valence-corrected chi connectivity index (χ3v) is 4.09. The summed E-state index contributed by atoms with van der Waals surface area (Å²) in [6.45, 7) is 17.3. The van der Waals surface area contributed by atoms with Crippen molar-refractivity contribution in [1.82, 2.24) is 10.2 Å². The largest absolute Gasteiger partial charge is 0.311 e. The molecule has 106 valence electrons. The predicted molar refractivity (Wildman–Crippen MR) is 80.9 cm³/mol. The van der Waals surface area contributed by atoms with Gasteiger partial charge in [0.25, 0.3) is 0 Å². The van der Waals surface area contributed by atoms with E-state index < -0.39 is 0 Å². The second-order valence-corrected chi connectivity index (χ2v) is 6.99. The Morgan fingerprint density at radius 2 is 2.00 bits per heavy atom. The summed E-state index contributed by atoms with van der Waals surface area (Å²) in [7, 11) is 0. The first kappa shape index (κ1) is 15.7. The van der Waals surface area contributed by atoms with Crippen molar-refractivity contribution in [3.05, 3.63) is 12.2 Å². The minimum atomic E-state index is 0.348. The molecule has 1 saturated heterocycles. The van der Waals surface area contributed by atoms with Crippen LogP contribution < -0.4 is 5.32 Å². The Kier molecular flexibility index (Phi) is 5.87. The van der Waals surface area contributed by atoms with E-state index >= 15 is 0 Å². The fraction of sp³-hybridized carbons (Fsp3) is 0.875. The lowest BCUT2D eigenvalue weighted by Crippen LogP contribution is -2.61. The molecule has 0 saturated carbocycles. The molecule has 0 aromatic heterocycles. The highest BCUT2D eigenvalue weighted by molar-refractivity contribution is 4.93. The second kappa shape index (κ2) is 6.72. The standard InChI is InChI=1S/C16H32N2/c1-7-8-9-10-18-12-15(16(4,5)6)17-11-14(18)13(2)3/h7-8,13-15,17H,9-12H2,1-6H3/b8-7+. The van der Waals surface area contributed by atoms with Gasteiger partial charge in [-0.15, -0.1) is 0 Å². The molecule has 1 rings (SSSR count). The van der Waals surface area contributed by atoms with E-state index in [1.165, 1.54) is 19.5 Å². The first-order valence-corrected chi connectivity index (χ1v) is 7.45. The van der Waals surface area contributed by atoms with Crippen LogP contribution in [0.2, 0.25) is 0 Å². The highest BCUT2D eigenvalue weighted by Crippen LogP contribution is 2.25. The molecule has 0 aromatic carbocycles. The Morgan fingerprint density at radius 1 is 1.33 bits per heavy atom. The normalized spacial score (nSPS) is 27.3. The van der Waals surface area contributed by atoms with Gasteiger partial charge in [-0.2, -0.15) is 0 Å². The molecule has 2 unspecified atom stereocenters. The Hall–Kier alpha value is -0.340. The second-order valence-electron chi connectivity index (χ2n) is 6.99. The smallest absolute Gasteiger partial charge is 0.0244 e. The van der Waals surface area contributed by atoms with E-state index in [9.17, 15) is 0 Å². The third-order valence-electron chi connectivity index (χ3n) is 4.09. The lowest BCUT2D eigenvalue weighted by Gasteiger charge is -2.46. The van der Waals surface area contributed by atoms with E-state index in [0.717, 1.165) is 12.5 Å². The molecule has 0 radical (unpaired) electrons. The third kappa shape index (κ3) is 4.40. The predicted octanol–water partition coefficient (Wildman–Crippen LogP) is 3.30. The van der Waals surface area contributed by atoms with Gasteiger partial charge < -0.3 is 5.32 Å². The van der Waals surface area contributed by atoms with Crippen molar-refractivity contribution in [1.29, 1.82) is 0 Å². The van der Waals surface area contributed by atoms with Gasteiger partial charge in [0.05, 0.1) is 0 Å². The molecular weight excluding hydrogens is 220 g/mol. The summed E-state index contributed by atoms with van der Waals surface area (Å²) < 4.78 is 0. The molecule has 1 aliphatic heterocycles. The van der Waals surface area contributed by atoms with E-state index in [4.69, 9.17) is 0 Å². The molecule has 0 spiro atoms. The van der Waals surface area contributed by atoms with Crippen LogP contribution in [0.3, 0.4) is 0 Å². The van der Waals surface area contributed by atoms with Crippen molar-refractivity contribution in [3.8, 4) is 0 Å². The Bertz CT molecular complexity index is 263. The quantitative estimate of drug-likeness (QED) is 0.772. The zero-order valence-electron chi connectivity index (χ0n) is 13.2. The summed E-state index contributed by atoms with van der Waals surface area (Å²) in [5, 5.41) is 3.75. The maximum atomic E-state index is 3.75. The van der Waals surface area contributed by atoms with Crippen LogP contribution in [-0.4, -0.2) is 36.6 Å². The Morgan fingerprint density at radius 3 is 2.50 bits per heavy atom. The van der Waals surface area contributed by atoms with Gasteiger partial charge in [-0.3, -0.25) is 4.90 Å². The van der Waals surface area contributed by atoms with Gasteiger partial charge in [0.1, 0.15) is 0 Å². The Balaban J connectivity index is 2.64. The summed E-state index contributed by atoms with van der Waals surface area (Å²) in [6.07, 6.45) is 5.62. The van der Waals surface area contributed by atoms with Crippen LogP contribution in [0.1, 0.15) is 48.0 Å². The summed E-state index contributed by atoms with van der Waals surface area (Å²) in [6, 6.07) is 1.30. The van der Waals surface area contributed by atoms with Gasteiger partial charge in [0, 0.05) is 31.7 Å². The van der Waals surface area contributed by atoms with Gasteiger partial charge in [-0.25, -0.2) is 0 Å². The number of hydrogen-bond donors (Lipinski definition) is 1. The number of hydrogen-bond acceptors (Lipinski definition) is 2. The molecule has 2 heteroatoms. The lowest BCUT2D eigenvalue weighted by molar-refractivity contribution is 0.0648. The average molecular weight is 252 g/mol. The molecule has 1 N–H and O–H groups in total. The van der Waals surface area contributed by atoms with Crippen LogP contribution in [0.15, 0.2) is 12.2 Å². The van der Waals surface area contributed by atoms with Crippen LogP contribution >= 0.6 is 0 Å². The van der Waals surface area contributed by atoms with E-state index in [-0.39, 0.29) is 0 Å². The average Bonchev–Trinajstić information content (AvgIpc) is 2.27. The van der Waals surface area contributed by atoms with Crippen LogP contribution in [-0.2, 0) is 0 Å². The zero-order valence-corrected chi connectivity index (χ0v) is 13.2. The van der Waals surface area contributed by atoms with E-state index in [0.29, 0.717) is 17.5 Å². The number of nitrogens with one attached hydrogen (secondary N) is 1. The molecule has 0 aromatic rings. The molecule has 0 amide bonds. The van der Waals surface area contributed by atoms with Gasteiger partial charge in [0.2, 0.25) is 0 Å². The van der Waals surface area contributed by atoms with Gasteiger partial charge in [-0.1, -0.05) is 46.8 Å². The zero-order chi connectivity index (χ0) is 13.8. The van der Waals surface area contributed by atoms with Crippen molar-refractivity contribution in [2.24, 2.45) is 11.3 Å². The molecule has 0 bridgehead atoms. The lowest BCUT2D eigenvalue weighted by atomic mass is 9.83. The van der Waals surface area contributed by atoms with Gasteiger partial charge in [0.15, 0.2) is 0 Å². The first-order valence-electron chi connectivity index (χ1n) is 7.45. The van der Waals surface area contributed by atoms with Crippen LogP contribution in [0.25, 0.3) is 0 Å². The molecule has 2 atom stereocenters. The van der Waals surface area contributed by atoms with Crippen molar-refractivity contribution in [2.45, 2.75) is 60.0 Å². The molecule has 1 heterocycles. The fourth-order valence-corrected chi connectivity index (χ4v) is 2.73. The molecule has 1 fully saturated rings. The summed E-state index contributed by atoms with van der Waals surface area (Å²) in [5.41, 5.74) is 0.348. The Labute approximate surface area is 114 Å². The maximum absolute atomic E-state index is 3.75. The molecule has 2 nitrogen and oxygen atoms in total. The topological polar surface area (TPSA) is 15.3 Å². The number of nitrogens with zero attached hydrogens (tertiary/aromatic N) is 1. The molecule has 18 heavy (non-hydrogen) atoms. The maximum Gasteiger partial charge on any atom is 0.0244 e.